The van der Waals surface area contributed by atoms with Gasteiger partial charge < -0.3 is 4.90 Å². The number of allylic oxidation sites excluding steroid dienone is 13. The molecule has 0 atom stereocenters. The molecule has 1 aliphatic rings. The maximum absolute atomic E-state index is 3.95. The molecule has 0 aromatic heterocycles. The molecule has 0 saturated carbocycles. The summed E-state index contributed by atoms with van der Waals surface area (Å²) < 4.78 is 0. The number of para-hydroxylation sites is 1. The molecule has 0 amide bonds. The smallest absolute Gasteiger partial charge is 0.0533 e. The van der Waals surface area contributed by atoms with Gasteiger partial charge in [-0.2, -0.15) is 0 Å². The Morgan fingerprint density at radius 3 is 2.36 bits per heavy atom. The minimum atomic E-state index is -0.0725. The van der Waals surface area contributed by atoms with Crippen LogP contribution >= 0.6 is 0 Å². The lowest BCUT2D eigenvalue weighted by Gasteiger charge is -2.30. The van der Waals surface area contributed by atoms with Crippen LogP contribution in [0.3, 0.4) is 0 Å². The van der Waals surface area contributed by atoms with Crippen LogP contribution in [0, 0.1) is 0 Å². The van der Waals surface area contributed by atoms with Crippen LogP contribution in [0.25, 0.3) is 11.1 Å². The van der Waals surface area contributed by atoms with Crippen LogP contribution in [-0.4, -0.2) is 0 Å². The molecule has 0 spiro atoms. The number of benzene rings is 2. The standard InChI is InChI=1S/C35H41N/c1-9-13-15-21-32-27(6)30-24-23-29(25-33(30)35(32,7)8)36(26(5)19-14-10-2)34-22-17-16-20-31(34)28(12-4)18-11-3/h9-11,13-25H,3,12H2,1-2,4-8H3/b13-9-,14-10-,21-15-,26-19+,28-18+. The molecule has 0 saturated heterocycles. The van der Waals surface area contributed by atoms with Crippen LogP contribution in [0.4, 0.5) is 11.4 Å². The quantitative estimate of drug-likeness (QED) is 0.326. The topological polar surface area (TPSA) is 3.24 Å². The van der Waals surface area contributed by atoms with Gasteiger partial charge in [0.1, 0.15) is 0 Å². The van der Waals surface area contributed by atoms with E-state index in [4.69, 9.17) is 0 Å². The van der Waals surface area contributed by atoms with Crippen molar-refractivity contribution < 1.29 is 0 Å². The number of anilines is 2. The van der Waals surface area contributed by atoms with Crippen molar-refractivity contribution in [3.8, 4) is 0 Å². The highest BCUT2D eigenvalue weighted by molar-refractivity contribution is 5.86. The van der Waals surface area contributed by atoms with Gasteiger partial charge in [0.25, 0.3) is 0 Å². The van der Waals surface area contributed by atoms with Gasteiger partial charge in [0, 0.05) is 22.4 Å². The predicted octanol–water partition coefficient (Wildman–Crippen LogP) is 10.5. The number of rotatable bonds is 9. The molecule has 1 heteroatoms. The lowest BCUT2D eigenvalue weighted by molar-refractivity contribution is 0.654. The van der Waals surface area contributed by atoms with Crippen molar-refractivity contribution in [3.63, 3.8) is 0 Å². The molecule has 1 aliphatic carbocycles. The van der Waals surface area contributed by atoms with Crippen LogP contribution < -0.4 is 4.90 Å². The number of hydrogen-bond acceptors (Lipinski definition) is 1. The van der Waals surface area contributed by atoms with Gasteiger partial charge in [-0.25, -0.2) is 0 Å². The van der Waals surface area contributed by atoms with E-state index in [0.717, 1.165) is 6.42 Å². The van der Waals surface area contributed by atoms with Gasteiger partial charge in [-0.05, 0) is 86.2 Å². The van der Waals surface area contributed by atoms with Crippen molar-refractivity contribution in [1.29, 1.82) is 0 Å². The predicted molar refractivity (Wildman–Crippen MR) is 162 cm³/mol. The second-order valence-electron chi connectivity index (χ2n) is 9.75. The van der Waals surface area contributed by atoms with Crippen LogP contribution in [0.15, 0.2) is 115 Å². The lowest BCUT2D eigenvalue weighted by Crippen LogP contribution is -2.19. The summed E-state index contributed by atoms with van der Waals surface area (Å²) in [5.41, 5.74) is 11.4. The van der Waals surface area contributed by atoms with Crippen LogP contribution in [0.1, 0.15) is 71.6 Å². The molecule has 0 fully saturated rings. The van der Waals surface area contributed by atoms with Crippen molar-refractivity contribution >= 4 is 22.5 Å². The Bertz CT molecular complexity index is 1290. The van der Waals surface area contributed by atoms with E-state index in [2.05, 4.69) is 151 Å². The average molecular weight is 476 g/mol. The highest BCUT2D eigenvalue weighted by Gasteiger charge is 2.35. The average Bonchev–Trinajstić information content (AvgIpc) is 3.06. The van der Waals surface area contributed by atoms with Crippen molar-refractivity contribution in [2.24, 2.45) is 0 Å². The molecule has 0 unspecified atom stereocenters. The summed E-state index contributed by atoms with van der Waals surface area (Å²) in [7, 11) is 0. The molecule has 0 bridgehead atoms. The maximum atomic E-state index is 3.95. The number of hydrogen-bond donors (Lipinski definition) is 0. The molecular weight excluding hydrogens is 434 g/mol. The summed E-state index contributed by atoms with van der Waals surface area (Å²) in [6.45, 7) is 19.4. The van der Waals surface area contributed by atoms with E-state index in [9.17, 15) is 0 Å². The molecular formula is C35H41N. The van der Waals surface area contributed by atoms with Crippen LogP contribution in [0.5, 0.6) is 0 Å². The maximum Gasteiger partial charge on any atom is 0.0533 e. The molecule has 1 nitrogen and oxygen atoms in total. The zero-order valence-electron chi connectivity index (χ0n) is 23.1. The van der Waals surface area contributed by atoms with Gasteiger partial charge in [-0.1, -0.05) is 100 Å². The van der Waals surface area contributed by atoms with Crippen molar-refractivity contribution in [1.82, 2.24) is 0 Å². The van der Waals surface area contributed by atoms with E-state index in [-0.39, 0.29) is 5.41 Å². The van der Waals surface area contributed by atoms with Gasteiger partial charge in [0.15, 0.2) is 0 Å². The third-order valence-electron chi connectivity index (χ3n) is 7.06. The van der Waals surface area contributed by atoms with Crippen LogP contribution in [0.2, 0.25) is 0 Å². The Hall–Kier alpha value is -3.58. The van der Waals surface area contributed by atoms with E-state index in [0.29, 0.717) is 0 Å². The Balaban J connectivity index is 2.23. The molecule has 0 heterocycles. The first-order valence-electron chi connectivity index (χ1n) is 13.0. The fourth-order valence-electron chi connectivity index (χ4n) is 5.19. The summed E-state index contributed by atoms with van der Waals surface area (Å²) >= 11 is 0. The molecule has 2 aromatic rings. The second-order valence-corrected chi connectivity index (χ2v) is 9.75. The van der Waals surface area contributed by atoms with Gasteiger partial charge in [0.2, 0.25) is 0 Å². The molecule has 3 rings (SSSR count). The van der Waals surface area contributed by atoms with E-state index >= 15 is 0 Å². The van der Waals surface area contributed by atoms with E-state index in [1.165, 1.54) is 50.5 Å². The summed E-state index contributed by atoms with van der Waals surface area (Å²) in [6.07, 6.45) is 19.9. The second kappa shape index (κ2) is 11.9. The molecule has 186 valence electrons. The lowest BCUT2D eigenvalue weighted by atomic mass is 9.80. The zero-order valence-corrected chi connectivity index (χ0v) is 23.1. The third-order valence-corrected chi connectivity index (χ3v) is 7.06. The fourth-order valence-corrected chi connectivity index (χ4v) is 5.19. The summed E-state index contributed by atoms with van der Waals surface area (Å²) in [6, 6.07) is 15.7. The molecule has 0 aliphatic heterocycles. The Kier molecular flexibility index (Phi) is 8.93. The molecule has 0 radical (unpaired) electrons. The first-order valence-corrected chi connectivity index (χ1v) is 13.0. The van der Waals surface area contributed by atoms with E-state index in [1.807, 2.05) is 6.08 Å². The SMILES string of the molecule is C=C/C=C(\CC)c1ccccc1N(/C(C)=C/C=C\C)c1ccc2c(c1)C(C)(C)C(/C=C\C=C/C)=C2C. The Morgan fingerprint density at radius 2 is 1.69 bits per heavy atom. The van der Waals surface area contributed by atoms with Crippen LogP contribution in [-0.2, 0) is 5.41 Å². The van der Waals surface area contributed by atoms with Crippen molar-refractivity contribution in [3.05, 3.63) is 132 Å². The van der Waals surface area contributed by atoms with E-state index in [1.54, 1.807) is 0 Å². The van der Waals surface area contributed by atoms with Gasteiger partial charge in [-0.3, -0.25) is 0 Å². The van der Waals surface area contributed by atoms with Crippen molar-refractivity contribution in [2.45, 2.75) is 60.3 Å². The molecule has 0 N–H and O–H groups in total. The number of nitrogens with zero attached hydrogens (tertiary/aromatic N) is 1. The van der Waals surface area contributed by atoms with Gasteiger partial charge in [-0.15, -0.1) is 0 Å². The van der Waals surface area contributed by atoms with Crippen molar-refractivity contribution in [2.75, 3.05) is 4.90 Å². The zero-order chi connectivity index (χ0) is 26.3. The Labute approximate surface area is 219 Å². The van der Waals surface area contributed by atoms with Gasteiger partial charge >= 0.3 is 0 Å². The highest BCUT2D eigenvalue weighted by Crippen LogP contribution is 2.49. The molecule has 36 heavy (non-hydrogen) atoms. The summed E-state index contributed by atoms with van der Waals surface area (Å²) in [5.74, 6) is 0. The first kappa shape index (κ1) is 27.0. The summed E-state index contributed by atoms with van der Waals surface area (Å²) in [5, 5.41) is 0. The van der Waals surface area contributed by atoms with Gasteiger partial charge in [0.05, 0.1) is 5.69 Å². The monoisotopic (exact) mass is 475 g/mol. The summed E-state index contributed by atoms with van der Waals surface area (Å²) in [4.78, 5) is 2.39. The van der Waals surface area contributed by atoms with E-state index < -0.39 is 0 Å². The minimum Gasteiger partial charge on any atom is -0.314 e. The highest BCUT2D eigenvalue weighted by atomic mass is 15.1. The third kappa shape index (κ3) is 5.31. The largest absolute Gasteiger partial charge is 0.314 e. The Morgan fingerprint density at radius 1 is 0.972 bits per heavy atom. The molecule has 2 aromatic carbocycles. The first-order chi connectivity index (χ1) is 17.3. The minimum absolute atomic E-state index is 0.0725. The fraction of sp³-hybridized carbons (Fsp3) is 0.257. The normalized spacial score (nSPS) is 16.0. The number of fused-ring (bicyclic) bond motifs is 1.